The maximum absolute atomic E-state index is 12.4. The number of rotatable bonds is 5. The third kappa shape index (κ3) is 4.49. The van der Waals surface area contributed by atoms with Crippen molar-refractivity contribution >= 4 is 17.5 Å². The van der Waals surface area contributed by atoms with E-state index in [4.69, 9.17) is 0 Å². The zero-order valence-electron chi connectivity index (χ0n) is 15.3. The van der Waals surface area contributed by atoms with Gasteiger partial charge in [0, 0.05) is 51.8 Å². The molecule has 0 atom stereocenters. The molecule has 0 radical (unpaired) electrons. The van der Waals surface area contributed by atoms with E-state index in [0.29, 0.717) is 45.1 Å². The molecule has 1 aliphatic heterocycles. The molecule has 1 heterocycles. The highest BCUT2D eigenvalue weighted by Crippen LogP contribution is 2.27. The number of benzene rings is 1. The Morgan fingerprint density at radius 3 is 2.33 bits per heavy atom. The first-order chi connectivity index (χ1) is 11.4. The SMILES string of the molecule is CC(=O)N1CCN(C(=O)CCNc2c(C)cccc2C(C)C)CC1. The monoisotopic (exact) mass is 331 g/mol. The minimum atomic E-state index is 0.0875. The third-order valence-corrected chi connectivity index (χ3v) is 4.65. The van der Waals surface area contributed by atoms with Crippen LogP contribution < -0.4 is 5.32 Å². The Morgan fingerprint density at radius 2 is 1.75 bits per heavy atom. The summed E-state index contributed by atoms with van der Waals surface area (Å²) in [5.74, 6) is 0.692. The first-order valence-electron chi connectivity index (χ1n) is 8.76. The fourth-order valence-corrected chi connectivity index (χ4v) is 3.14. The van der Waals surface area contributed by atoms with E-state index in [1.165, 1.54) is 11.1 Å². The molecule has 0 unspecified atom stereocenters. The number of carbonyl (C=O) groups excluding carboxylic acids is 2. The Morgan fingerprint density at radius 1 is 1.12 bits per heavy atom. The van der Waals surface area contributed by atoms with Crippen molar-refractivity contribution in [3.8, 4) is 0 Å². The van der Waals surface area contributed by atoms with Crippen molar-refractivity contribution in [2.45, 2.75) is 40.0 Å². The first kappa shape index (κ1) is 18.3. The number of aryl methyl sites for hydroxylation is 1. The lowest BCUT2D eigenvalue weighted by molar-refractivity contribution is -0.138. The van der Waals surface area contributed by atoms with E-state index in [2.05, 4.69) is 44.3 Å². The Kier molecular flexibility index (Phi) is 6.23. The minimum Gasteiger partial charge on any atom is -0.384 e. The number of amides is 2. The van der Waals surface area contributed by atoms with Gasteiger partial charge in [0.25, 0.3) is 0 Å². The van der Waals surface area contributed by atoms with Crippen LogP contribution in [0.1, 0.15) is 44.2 Å². The highest BCUT2D eigenvalue weighted by atomic mass is 16.2. The van der Waals surface area contributed by atoms with Gasteiger partial charge < -0.3 is 15.1 Å². The molecule has 1 aromatic carbocycles. The predicted octanol–water partition coefficient (Wildman–Crippen LogP) is 2.61. The van der Waals surface area contributed by atoms with Crippen molar-refractivity contribution < 1.29 is 9.59 Å². The van der Waals surface area contributed by atoms with Crippen LogP contribution in [0.3, 0.4) is 0 Å². The lowest BCUT2D eigenvalue weighted by Crippen LogP contribution is -2.50. The van der Waals surface area contributed by atoms with Crippen LogP contribution in [0.2, 0.25) is 0 Å². The van der Waals surface area contributed by atoms with Crippen molar-refractivity contribution in [2.24, 2.45) is 0 Å². The van der Waals surface area contributed by atoms with Crippen LogP contribution in [-0.2, 0) is 9.59 Å². The number of nitrogens with one attached hydrogen (secondary N) is 1. The lowest BCUT2D eigenvalue weighted by atomic mass is 9.98. The summed E-state index contributed by atoms with van der Waals surface area (Å²) in [5, 5.41) is 3.45. The van der Waals surface area contributed by atoms with Gasteiger partial charge in [-0.2, -0.15) is 0 Å². The fourth-order valence-electron chi connectivity index (χ4n) is 3.14. The molecule has 0 spiro atoms. The second kappa shape index (κ2) is 8.18. The van der Waals surface area contributed by atoms with Crippen molar-refractivity contribution in [3.63, 3.8) is 0 Å². The molecule has 5 nitrogen and oxygen atoms in total. The highest BCUT2D eigenvalue weighted by Gasteiger charge is 2.22. The van der Waals surface area contributed by atoms with Crippen molar-refractivity contribution in [3.05, 3.63) is 29.3 Å². The molecule has 1 fully saturated rings. The van der Waals surface area contributed by atoms with E-state index < -0.39 is 0 Å². The van der Waals surface area contributed by atoms with Crippen molar-refractivity contribution in [2.75, 3.05) is 38.0 Å². The Labute approximate surface area is 145 Å². The molecule has 1 N–H and O–H groups in total. The van der Waals surface area contributed by atoms with Gasteiger partial charge in [0.05, 0.1) is 0 Å². The summed E-state index contributed by atoms with van der Waals surface area (Å²) in [4.78, 5) is 27.3. The summed E-state index contributed by atoms with van der Waals surface area (Å²) in [5.41, 5.74) is 3.66. The van der Waals surface area contributed by atoms with Gasteiger partial charge in [0.15, 0.2) is 0 Å². The average Bonchev–Trinajstić information content (AvgIpc) is 2.56. The van der Waals surface area contributed by atoms with E-state index in [0.717, 1.165) is 5.69 Å². The molecular formula is C19H29N3O2. The molecule has 0 saturated carbocycles. The van der Waals surface area contributed by atoms with E-state index >= 15 is 0 Å². The van der Waals surface area contributed by atoms with Crippen LogP contribution in [0.5, 0.6) is 0 Å². The first-order valence-corrected chi connectivity index (χ1v) is 8.76. The molecular weight excluding hydrogens is 302 g/mol. The normalized spacial score (nSPS) is 14.9. The van der Waals surface area contributed by atoms with Crippen LogP contribution >= 0.6 is 0 Å². The maximum atomic E-state index is 12.4. The number of piperazine rings is 1. The summed E-state index contributed by atoms with van der Waals surface area (Å²) in [6.07, 6.45) is 0.478. The van der Waals surface area contributed by atoms with Crippen LogP contribution in [0.25, 0.3) is 0 Å². The van der Waals surface area contributed by atoms with Gasteiger partial charge in [0.1, 0.15) is 0 Å². The molecule has 1 saturated heterocycles. The van der Waals surface area contributed by atoms with Crippen molar-refractivity contribution in [1.29, 1.82) is 0 Å². The summed E-state index contributed by atoms with van der Waals surface area (Å²) >= 11 is 0. The molecule has 0 bridgehead atoms. The van der Waals surface area contributed by atoms with Crippen LogP contribution in [0.4, 0.5) is 5.69 Å². The molecule has 132 valence electrons. The fraction of sp³-hybridized carbons (Fsp3) is 0.579. The second-order valence-electron chi connectivity index (χ2n) is 6.76. The molecule has 0 aliphatic carbocycles. The molecule has 1 aliphatic rings. The quantitative estimate of drug-likeness (QED) is 0.902. The standard InChI is InChI=1S/C19H29N3O2/c1-14(2)17-7-5-6-15(3)19(17)20-9-8-18(24)22-12-10-21(11-13-22)16(4)23/h5-7,14,20H,8-13H2,1-4H3. The minimum absolute atomic E-state index is 0.0875. The predicted molar refractivity (Wildman–Crippen MR) is 97.2 cm³/mol. The third-order valence-electron chi connectivity index (χ3n) is 4.65. The summed E-state index contributed by atoms with van der Waals surface area (Å²) in [6.45, 7) is 11.2. The van der Waals surface area contributed by atoms with Gasteiger partial charge in [0.2, 0.25) is 11.8 Å². The molecule has 2 rings (SSSR count). The maximum Gasteiger partial charge on any atom is 0.224 e. The van der Waals surface area contributed by atoms with Crippen molar-refractivity contribution in [1.82, 2.24) is 9.80 Å². The zero-order valence-corrected chi connectivity index (χ0v) is 15.3. The van der Waals surface area contributed by atoms with Gasteiger partial charge >= 0.3 is 0 Å². The van der Waals surface area contributed by atoms with E-state index in [-0.39, 0.29) is 11.8 Å². The molecule has 24 heavy (non-hydrogen) atoms. The molecule has 2 amide bonds. The van der Waals surface area contributed by atoms with Gasteiger partial charge in [-0.1, -0.05) is 32.0 Å². The Hall–Kier alpha value is -2.04. The van der Waals surface area contributed by atoms with Gasteiger partial charge in [-0.25, -0.2) is 0 Å². The van der Waals surface area contributed by atoms with Crippen LogP contribution in [0.15, 0.2) is 18.2 Å². The van der Waals surface area contributed by atoms with Crippen LogP contribution in [0, 0.1) is 6.92 Å². The van der Waals surface area contributed by atoms with E-state index in [9.17, 15) is 9.59 Å². The highest BCUT2D eigenvalue weighted by molar-refractivity contribution is 5.78. The van der Waals surface area contributed by atoms with Crippen LogP contribution in [-0.4, -0.2) is 54.3 Å². The number of carbonyl (C=O) groups is 2. The second-order valence-corrected chi connectivity index (χ2v) is 6.76. The molecule has 5 heteroatoms. The van der Waals surface area contributed by atoms with E-state index in [1.807, 2.05) is 4.90 Å². The zero-order chi connectivity index (χ0) is 17.7. The van der Waals surface area contributed by atoms with Gasteiger partial charge in [-0.3, -0.25) is 9.59 Å². The Balaban J connectivity index is 1.85. The van der Waals surface area contributed by atoms with Gasteiger partial charge in [-0.15, -0.1) is 0 Å². The summed E-state index contributed by atoms with van der Waals surface area (Å²) in [6, 6.07) is 6.31. The summed E-state index contributed by atoms with van der Waals surface area (Å²) < 4.78 is 0. The van der Waals surface area contributed by atoms with E-state index in [1.54, 1.807) is 11.8 Å². The molecule has 1 aromatic rings. The Bertz CT molecular complexity index is 590. The van der Waals surface area contributed by atoms with Gasteiger partial charge in [-0.05, 0) is 24.0 Å². The summed E-state index contributed by atoms with van der Waals surface area (Å²) in [7, 11) is 0. The largest absolute Gasteiger partial charge is 0.384 e. The number of para-hydroxylation sites is 1. The number of nitrogens with zero attached hydrogens (tertiary/aromatic N) is 2. The lowest BCUT2D eigenvalue weighted by Gasteiger charge is -2.34. The average molecular weight is 331 g/mol. The number of hydrogen-bond donors (Lipinski definition) is 1. The topological polar surface area (TPSA) is 52.7 Å². The smallest absolute Gasteiger partial charge is 0.224 e. The number of hydrogen-bond acceptors (Lipinski definition) is 3. The molecule has 0 aromatic heterocycles. The number of anilines is 1.